The molecule has 0 aliphatic heterocycles. The van der Waals surface area contributed by atoms with Crippen molar-refractivity contribution in [1.29, 1.82) is 0 Å². The molecule has 20 heavy (non-hydrogen) atoms. The van der Waals surface area contributed by atoms with E-state index >= 15 is 0 Å². The Morgan fingerprint density at radius 2 is 1.65 bits per heavy atom. The van der Waals surface area contributed by atoms with E-state index in [2.05, 4.69) is 29.6 Å². The van der Waals surface area contributed by atoms with Gasteiger partial charge >= 0.3 is 0 Å². The van der Waals surface area contributed by atoms with Crippen LogP contribution in [0.5, 0.6) is 0 Å². The fourth-order valence-corrected chi connectivity index (χ4v) is 2.56. The van der Waals surface area contributed by atoms with Crippen molar-refractivity contribution in [3.05, 3.63) is 62.6 Å². The average molecular weight is 328 g/mol. The minimum Gasteiger partial charge on any atom is -0.275 e. The van der Waals surface area contributed by atoms with Crippen LogP contribution in [0.2, 0.25) is 15.1 Å². The molecule has 2 rings (SSSR count). The fraction of sp³-hybridized carbons (Fsp3) is 0.133. The van der Waals surface area contributed by atoms with Crippen molar-refractivity contribution in [2.45, 2.75) is 13.3 Å². The highest BCUT2D eigenvalue weighted by atomic mass is 35.5. The van der Waals surface area contributed by atoms with E-state index in [1.54, 1.807) is 18.3 Å². The van der Waals surface area contributed by atoms with Crippen molar-refractivity contribution in [1.82, 2.24) is 0 Å². The number of rotatable bonds is 4. The predicted molar refractivity (Wildman–Crippen MR) is 88.5 cm³/mol. The van der Waals surface area contributed by atoms with Gasteiger partial charge in [-0.1, -0.05) is 66.0 Å². The highest BCUT2D eigenvalue weighted by Gasteiger charge is 2.06. The molecule has 0 atom stereocenters. The Balaban J connectivity index is 2.09. The zero-order valence-corrected chi connectivity index (χ0v) is 13.1. The Bertz CT molecular complexity index is 599. The maximum Gasteiger partial charge on any atom is 0.0935 e. The van der Waals surface area contributed by atoms with Gasteiger partial charge in [0, 0.05) is 5.02 Å². The topological polar surface area (TPSA) is 24.4 Å². The molecule has 2 aromatic carbocycles. The Kier molecular flexibility index (Phi) is 5.30. The Labute approximate surface area is 133 Å². The molecule has 5 heteroatoms. The zero-order chi connectivity index (χ0) is 14.5. The van der Waals surface area contributed by atoms with Crippen molar-refractivity contribution in [3.63, 3.8) is 0 Å². The first kappa shape index (κ1) is 15.2. The van der Waals surface area contributed by atoms with E-state index < -0.39 is 0 Å². The van der Waals surface area contributed by atoms with E-state index in [1.165, 1.54) is 5.56 Å². The highest BCUT2D eigenvalue weighted by molar-refractivity contribution is 6.41. The number of nitrogens with one attached hydrogen (secondary N) is 1. The maximum absolute atomic E-state index is 6.05. The predicted octanol–water partition coefficient (Wildman–Crippen LogP) is 5.66. The number of nitrogens with zero attached hydrogens (tertiary/aromatic N) is 1. The molecule has 0 unspecified atom stereocenters. The molecule has 1 N–H and O–H groups in total. The Hall–Kier alpha value is -1.22. The first-order valence-corrected chi connectivity index (χ1v) is 7.26. The van der Waals surface area contributed by atoms with Crippen LogP contribution in [0, 0.1) is 0 Å². The summed E-state index contributed by atoms with van der Waals surface area (Å²) in [4.78, 5) is 0. The molecule has 0 fully saturated rings. The van der Waals surface area contributed by atoms with Crippen LogP contribution in [0.3, 0.4) is 0 Å². The molecule has 0 aromatic heterocycles. The van der Waals surface area contributed by atoms with Gasteiger partial charge in [0.15, 0.2) is 0 Å². The lowest BCUT2D eigenvalue weighted by molar-refractivity contribution is 1.14. The molecule has 2 nitrogen and oxygen atoms in total. The molecule has 0 aliphatic carbocycles. The van der Waals surface area contributed by atoms with E-state index in [-0.39, 0.29) is 0 Å². The van der Waals surface area contributed by atoms with Gasteiger partial charge in [-0.3, -0.25) is 5.43 Å². The molecular formula is C15H13Cl3N2. The molecule has 104 valence electrons. The fourth-order valence-electron chi connectivity index (χ4n) is 1.66. The summed E-state index contributed by atoms with van der Waals surface area (Å²) in [6.45, 7) is 2.12. The van der Waals surface area contributed by atoms with E-state index in [0.717, 1.165) is 12.0 Å². The van der Waals surface area contributed by atoms with Crippen molar-refractivity contribution in [3.8, 4) is 0 Å². The lowest BCUT2D eigenvalue weighted by Gasteiger charge is -2.06. The number of benzene rings is 2. The third kappa shape index (κ3) is 3.89. The molecule has 0 radical (unpaired) electrons. The molecule has 0 saturated carbocycles. The lowest BCUT2D eigenvalue weighted by atomic mass is 10.1. The van der Waals surface area contributed by atoms with E-state index in [0.29, 0.717) is 20.8 Å². The Morgan fingerprint density at radius 1 is 1.05 bits per heavy atom. The van der Waals surface area contributed by atoms with Crippen molar-refractivity contribution >= 4 is 46.7 Å². The standard InChI is InChI=1S/C15H13Cl3N2/c1-2-10-3-5-11(6-4-10)9-19-20-15-13(17)7-12(16)8-14(15)18/h3-9,20H,2H2,1H3/b19-9-. The van der Waals surface area contributed by atoms with Crippen LogP contribution in [0.15, 0.2) is 41.5 Å². The van der Waals surface area contributed by atoms with Gasteiger partial charge in [0.05, 0.1) is 21.9 Å². The van der Waals surface area contributed by atoms with Gasteiger partial charge in [0.1, 0.15) is 0 Å². The molecule has 0 saturated heterocycles. The summed E-state index contributed by atoms with van der Waals surface area (Å²) >= 11 is 17.9. The number of hydrazone groups is 1. The van der Waals surface area contributed by atoms with Crippen LogP contribution in [-0.4, -0.2) is 6.21 Å². The third-order valence-corrected chi connectivity index (χ3v) is 3.60. The second-order valence-electron chi connectivity index (χ2n) is 4.21. The quantitative estimate of drug-likeness (QED) is 0.569. The summed E-state index contributed by atoms with van der Waals surface area (Å²) in [6.07, 6.45) is 2.73. The SMILES string of the molecule is CCc1ccc(/C=N\Nc2c(Cl)cc(Cl)cc2Cl)cc1. The van der Waals surface area contributed by atoms with Gasteiger partial charge in [-0.05, 0) is 29.7 Å². The first-order chi connectivity index (χ1) is 9.60. The first-order valence-electron chi connectivity index (χ1n) is 6.12. The highest BCUT2D eigenvalue weighted by Crippen LogP contribution is 2.33. The van der Waals surface area contributed by atoms with Gasteiger partial charge in [0.2, 0.25) is 0 Å². The molecule has 0 bridgehead atoms. The second kappa shape index (κ2) is 6.98. The minimum absolute atomic E-state index is 0.431. The van der Waals surface area contributed by atoms with Gasteiger partial charge in [-0.15, -0.1) is 0 Å². The van der Waals surface area contributed by atoms with Crippen LogP contribution < -0.4 is 5.43 Å². The Morgan fingerprint density at radius 3 is 2.20 bits per heavy atom. The molecule has 2 aromatic rings. The monoisotopic (exact) mass is 326 g/mol. The van der Waals surface area contributed by atoms with Crippen LogP contribution in [0.25, 0.3) is 0 Å². The average Bonchev–Trinajstić information content (AvgIpc) is 2.42. The van der Waals surface area contributed by atoms with Crippen molar-refractivity contribution in [2.75, 3.05) is 5.43 Å². The number of halogens is 3. The summed E-state index contributed by atoms with van der Waals surface area (Å²) in [6, 6.07) is 11.4. The van der Waals surface area contributed by atoms with E-state index in [9.17, 15) is 0 Å². The van der Waals surface area contributed by atoms with E-state index in [1.807, 2.05) is 12.1 Å². The van der Waals surface area contributed by atoms with Crippen LogP contribution in [0.1, 0.15) is 18.1 Å². The molecule has 0 amide bonds. The lowest BCUT2D eigenvalue weighted by Crippen LogP contribution is -1.93. The summed E-state index contributed by atoms with van der Waals surface area (Å²) in [5, 5.41) is 5.49. The summed E-state index contributed by atoms with van der Waals surface area (Å²) in [5.74, 6) is 0. The van der Waals surface area contributed by atoms with Gasteiger partial charge in [-0.2, -0.15) is 5.10 Å². The minimum atomic E-state index is 0.431. The number of hydrogen-bond donors (Lipinski definition) is 1. The number of anilines is 1. The van der Waals surface area contributed by atoms with E-state index in [4.69, 9.17) is 34.8 Å². The number of aryl methyl sites for hydroxylation is 1. The summed E-state index contributed by atoms with van der Waals surface area (Å²) in [5.41, 5.74) is 5.66. The van der Waals surface area contributed by atoms with Crippen molar-refractivity contribution in [2.24, 2.45) is 5.10 Å². The van der Waals surface area contributed by atoms with Gasteiger partial charge in [0.25, 0.3) is 0 Å². The third-order valence-electron chi connectivity index (χ3n) is 2.78. The molecular weight excluding hydrogens is 315 g/mol. The summed E-state index contributed by atoms with van der Waals surface area (Å²) < 4.78 is 0. The largest absolute Gasteiger partial charge is 0.275 e. The van der Waals surface area contributed by atoms with Crippen LogP contribution in [-0.2, 0) is 6.42 Å². The maximum atomic E-state index is 6.05. The smallest absolute Gasteiger partial charge is 0.0935 e. The van der Waals surface area contributed by atoms with Crippen molar-refractivity contribution < 1.29 is 0 Å². The second-order valence-corrected chi connectivity index (χ2v) is 5.46. The summed E-state index contributed by atoms with van der Waals surface area (Å²) in [7, 11) is 0. The normalized spacial score (nSPS) is 11.0. The van der Waals surface area contributed by atoms with Crippen LogP contribution >= 0.6 is 34.8 Å². The van der Waals surface area contributed by atoms with Gasteiger partial charge < -0.3 is 0 Å². The van der Waals surface area contributed by atoms with Crippen LogP contribution in [0.4, 0.5) is 5.69 Å². The zero-order valence-electron chi connectivity index (χ0n) is 10.8. The number of hydrogen-bond acceptors (Lipinski definition) is 2. The molecule has 0 heterocycles. The molecule has 0 spiro atoms. The molecule has 0 aliphatic rings. The van der Waals surface area contributed by atoms with Gasteiger partial charge in [-0.25, -0.2) is 0 Å².